The van der Waals surface area contributed by atoms with E-state index in [1.807, 2.05) is 0 Å². The second-order valence-electron chi connectivity index (χ2n) is 6.38. The lowest BCUT2D eigenvalue weighted by molar-refractivity contribution is 0.103. The minimum absolute atomic E-state index is 0.578. The van der Waals surface area contributed by atoms with Gasteiger partial charge in [0.2, 0.25) is 0 Å². The minimum atomic E-state index is 0.578. The fraction of sp³-hybridized carbons (Fsp3) is 0.647. The zero-order valence-electron chi connectivity index (χ0n) is 12.8. The monoisotopic (exact) mass is 273 g/mol. The maximum atomic E-state index is 3.56. The van der Waals surface area contributed by atoms with Gasteiger partial charge in [-0.15, -0.1) is 0 Å². The molecule has 1 aromatic carbocycles. The molecule has 3 rings (SSSR count). The number of piperidine rings is 1. The Balaban J connectivity index is 1.78. The van der Waals surface area contributed by atoms with Crippen LogP contribution in [0.1, 0.15) is 36.4 Å². The van der Waals surface area contributed by atoms with Gasteiger partial charge in [0.1, 0.15) is 0 Å². The molecule has 0 bridgehead atoms. The first kappa shape index (κ1) is 14.1. The molecule has 0 radical (unpaired) electrons. The fourth-order valence-corrected chi connectivity index (χ4v) is 3.72. The van der Waals surface area contributed by atoms with E-state index in [4.69, 9.17) is 0 Å². The Labute approximate surface area is 123 Å². The van der Waals surface area contributed by atoms with Crippen LogP contribution < -0.4 is 5.32 Å². The molecule has 1 atom stereocenters. The van der Waals surface area contributed by atoms with Crippen molar-refractivity contribution in [3.8, 4) is 0 Å². The van der Waals surface area contributed by atoms with Gasteiger partial charge in [-0.1, -0.05) is 24.3 Å². The summed E-state index contributed by atoms with van der Waals surface area (Å²) in [6.07, 6.45) is 3.83. The van der Waals surface area contributed by atoms with Crippen molar-refractivity contribution in [2.45, 2.75) is 37.9 Å². The molecular formula is C17H27N3. The van der Waals surface area contributed by atoms with E-state index in [0.717, 1.165) is 19.1 Å². The number of hydrogen-bond donors (Lipinski definition) is 1. The molecule has 0 aliphatic carbocycles. The highest BCUT2D eigenvalue weighted by Crippen LogP contribution is 2.31. The summed E-state index contributed by atoms with van der Waals surface area (Å²) in [4.78, 5) is 5.10. The lowest BCUT2D eigenvalue weighted by Crippen LogP contribution is -2.43. The summed E-state index contributed by atoms with van der Waals surface area (Å²) in [7, 11) is 4.57. The Morgan fingerprint density at radius 3 is 2.70 bits per heavy atom. The minimum Gasteiger partial charge on any atom is -0.313 e. The van der Waals surface area contributed by atoms with Crippen molar-refractivity contribution >= 4 is 0 Å². The molecule has 1 fully saturated rings. The van der Waals surface area contributed by atoms with Gasteiger partial charge in [-0.2, -0.15) is 0 Å². The highest BCUT2D eigenvalue weighted by molar-refractivity contribution is 5.31. The predicted molar refractivity (Wildman–Crippen MR) is 83.8 cm³/mol. The van der Waals surface area contributed by atoms with Crippen LogP contribution >= 0.6 is 0 Å². The lowest BCUT2D eigenvalue weighted by atomic mass is 9.94. The van der Waals surface area contributed by atoms with Crippen LogP contribution in [-0.4, -0.2) is 49.6 Å². The summed E-state index contributed by atoms with van der Waals surface area (Å²) >= 11 is 0. The average Bonchev–Trinajstić information content (AvgIpc) is 2.69. The van der Waals surface area contributed by atoms with Gasteiger partial charge in [0.15, 0.2) is 0 Å². The van der Waals surface area contributed by atoms with Crippen molar-refractivity contribution in [3.63, 3.8) is 0 Å². The largest absolute Gasteiger partial charge is 0.313 e. The zero-order valence-corrected chi connectivity index (χ0v) is 12.8. The van der Waals surface area contributed by atoms with Gasteiger partial charge in [-0.25, -0.2) is 0 Å². The SMILES string of the molecule is CN1CCC(N(C)C2CCNCc3ccccc32)CC1. The third-order valence-electron chi connectivity index (χ3n) is 5.08. The number of benzene rings is 1. The summed E-state index contributed by atoms with van der Waals surface area (Å²) < 4.78 is 0. The smallest absolute Gasteiger partial charge is 0.0363 e. The van der Waals surface area contributed by atoms with Crippen LogP contribution in [0.2, 0.25) is 0 Å². The molecule has 0 saturated carbocycles. The molecule has 0 aromatic heterocycles. The first-order valence-corrected chi connectivity index (χ1v) is 7.94. The second kappa shape index (κ2) is 6.25. The average molecular weight is 273 g/mol. The number of likely N-dealkylation sites (tertiary alicyclic amines) is 1. The molecule has 0 amide bonds. The Bertz CT molecular complexity index is 438. The van der Waals surface area contributed by atoms with E-state index in [2.05, 4.69) is 53.5 Å². The molecule has 0 spiro atoms. The predicted octanol–water partition coefficient (Wildman–Crippen LogP) is 2.25. The van der Waals surface area contributed by atoms with Crippen molar-refractivity contribution in [3.05, 3.63) is 35.4 Å². The Morgan fingerprint density at radius 2 is 1.90 bits per heavy atom. The molecule has 1 saturated heterocycles. The maximum absolute atomic E-state index is 3.56. The first-order valence-electron chi connectivity index (χ1n) is 7.94. The standard InChI is InChI=1S/C17H27N3/c1-19-11-8-15(9-12-19)20(2)17-7-10-18-13-14-5-3-4-6-16(14)17/h3-6,15,17-18H,7-13H2,1-2H3. The molecule has 3 nitrogen and oxygen atoms in total. The van der Waals surface area contributed by atoms with Crippen LogP contribution in [0.15, 0.2) is 24.3 Å². The topological polar surface area (TPSA) is 18.5 Å². The summed E-state index contributed by atoms with van der Waals surface area (Å²) in [5, 5.41) is 3.56. The number of nitrogens with zero attached hydrogens (tertiary/aromatic N) is 2. The summed E-state index contributed by atoms with van der Waals surface area (Å²) in [5.41, 5.74) is 3.02. The molecule has 1 N–H and O–H groups in total. The Kier molecular flexibility index (Phi) is 4.39. The lowest BCUT2D eigenvalue weighted by Gasteiger charge is -2.39. The van der Waals surface area contributed by atoms with Gasteiger partial charge < -0.3 is 10.2 Å². The van der Waals surface area contributed by atoms with E-state index in [1.54, 1.807) is 5.56 Å². The van der Waals surface area contributed by atoms with Gasteiger partial charge in [0.05, 0.1) is 0 Å². The van der Waals surface area contributed by atoms with Crippen LogP contribution in [0.5, 0.6) is 0 Å². The fourth-order valence-electron chi connectivity index (χ4n) is 3.72. The Morgan fingerprint density at radius 1 is 1.15 bits per heavy atom. The number of hydrogen-bond acceptors (Lipinski definition) is 3. The number of rotatable bonds is 2. The zero-order chi connectivity index (χ0) is 13.9. The molecule has 20 heavy (non-hydrogen) atoms. The van der Waals surface area contributed by atoms with E-state index >= 15 is 0 Å². The third kappa shape index (κ3) is 2.90. The Hall–Kier alpha value is -0.900. The van der Waals surface area contributed by atoms with Gasteiger partial charge in [-0.05, 0) is 64.1 Å². The van der Waals surface area contributed by atoms with Gasteiger partial charge in [-0.3, -0.25) is 4.90 Å². The van der Waals surface area contributed by atoms with Crippen molar-refractivity contribution < 1.29 is 0 Å². The van der Waals surface area contributed by atoms with Crippen LogP contribution in [0, 0.1) is 0 Å². The van der Waals surface area contributed by atoms with Crippen molar-refractivity contribution in [1.82, 2.24) is 15.1 Å². The van der Waals surface area contributed by atoms with Gasteiger partial charge in [0, 0.05) is 18.6 Å². The maximum Gasteiger partial charge on any atom is 0.0363 e. The molecule has 3 heteroatoms. The normalized spacial score (nSPS) is 25.4. The van der Waals surface area contributed by atoms with E-state index in [1.165, 1.54) is 37.9 Å². The quantitative estimate of drug-likeness (QED) is 0.891. The van der Waals surface area contributed by atoms with E-state index in [0.29, 0.717) is 6.04 Å². The summed E-state index contributed by atoms with van der Waals surface area (Å²) in [6, 6.07) is 10.3. The summed E-state index contributed by atoms with van der Waals surface area (Å²) in [5.74, 6) is 0. The third-order valence-corrected chi connectivity index (χ3v) is 5.08. The van der Waals surface area contributed by atoms with E-state index in [9.17, 15) is 0 Å². The van der Waals surface area contributed by atoms with Gasteiger partial charge in [0.25, 0.3) is 0 Å². The highest BCUT2D eigenvalue weighted by Gasteiger charge is 2.28. The molecule has 110 valence electrons. The molecular weight excluding hydrogens is 246 g/mol. The van der Waals surface area contributed by atoms with Crippen molar-refractivity contribution in [1.29, 1.82) is 0 Å². The number of fused-ring (bicyclic) bond motifs is 1. The van der Waals surface area contributed by atoms with Crippen LogP contribution in [0.4, 0.5) is 0 Å². The molecule has 2 aliphatic heterocycles. The van der Waals surface area contributed by atoms with Crippen molar-refractivity contribution in [2.24, 2.45) is 0 Å². The highest BCUT2D eigenvalue weighted by atomic mass is 15.2. The molecule has 1 aromatic rings. The molecule has 2 aliphatic rings. The summed E-state index contributed by atoms with van der Waals surface area (Å²) in [6.45, 7) is 4.62. The van der Waals surface area contributed by atoms with Crippen LogP contribution in [0.25, 0.3) is 0 Å². The number of nitrogens with one attached hydrogen (secondary N) is 1. The van der Waals surface area contributed by atoms with Gasteiger partial charge >= 0.3 is 0 Å². The van der Waals surface area contributed by atoms with Crippen LogP contribution in [0.3, 0.4) is 0 Å². The second-order valence-corrected chi connectivity index (χ2v) is 6.38. The van der Waals surface area contributed by atoms with Crippen LogP contribution in [-0.2, 0) is 6.54 Å². The van der Waals surface area contributed by atoms with E-state index < -0.39 is 0 Å². The molecule has 1 unspecified atom stereocenters. The van der Waals surface area contributed by atoms with Crippen molar-refractivity contribution in [2.75, 3.05) is 33.7 Å². The molecule has 2 heterocycles. The first-order chi connectivity index (χ1) is 9.75. The van der Waals surface area contributed by atoms with E-state index in [-0.39, 0.29) is 0 Å².